The van der Waals surface area contributed by atoms with E-state index < -0.39 is 11.7 Å². The number of aromatic nitrogens is 1. The number of aryl methyl sites for hydroxylation is 1. The molecule has 0 saturated heterocycles. The standard InChI is InChI=1S/C16H13FN2O2/c1-11-4-2-6-15(18-11)16(21)19-14-8-7-13(17)10-12(14)5-3-9-20/h2,4,6-8,10,20H,9H2,1H3,(H,19,21). The predicted octanol–water partition coefficient (Wildman–Crippen LogP) is 2.13. The van der Waals surface area contributed by atoms with Crippen LogP contribution in [0.5, 0.6) is 0 Å². The van der Waals surface area contributed by atoms with E-state index in [0.29, 0.717) is 11.3 Å². The Morgan fingerprint density at radius 1 is 1.38 bits per heavy atom. The van der Waals surface area contributed by atoms with Crippen LogP contribution in [0.4, 0.5) is 10.1 Å². The summed E-state index contributed by atoms with van der Waals surface area (Å²) in [6, 6.07) is 8.95. The van der Waals surface area contributed by atoms with Crippen molar-refractivity contribution in [1.82, 2.24) is 4.98 Å². The maximum Gasteiger partial charge on any atom is 0.274 e. The molecule has 106 valence electrons. The lowest BCUT2D eigenvalue weighted by Crippen LogP contribution is -2.15. The molecule has 2 aromatic rings. The fourth-order valence-electron chi connectivity index (χ4n) is 1.72. The lowest BCUT2D eigenvalue weighted by Gasteiger charge is -2.07. The van der Waals surface area contributed by atoms with Crippen LogP contribution in [-0.2, 0) is 0 Å². The molecule has 0 bridgehead atoms. The van der Waals surface area contributed by atoms with Crippen molar-refractivity contribution in [3.8, 4) is 11.8 Å². The van der Waals surface area contributed by atoms with Crippen LogP contribution < -0.4 is 5.32 Å². The molecule has 1 aromatic carbocycles. The van der Waals surface area contributed by atoms with Crippen LogP contribution >= 0.6 is 0 Å². The van der Waals surface area contributed by atoms with Gasteiger partial charge in [0.25, 0.3) is 5.91 Å². The second-order valence-electron chi connectivity index (χ2n) is 4.27. The summed E-state index contributed by atoms with van der Waals surface area (Å²) in [5.41, 5.74) is 1.65. The molecule has 0 unspecified atom stereocenters. The highest BCUT2D eigenvalue weighted by molar-refractivity contribution is 6.03. The van der Waals surface area contributed by atoms with E-state index in [0.717, 1.165) is 5.69 Å². The minimum Gasteiger partial charge on any atom is -0.384 e. The molecule has 2 rings (SSSR count). The van der Waals surface area contributed by atoms with Crippen LogP contribution in [-0.4, -0.2) is 22.6 Å². The molecule has 21 heavy (non-hydrogen) atoms. The second kappa shape index (κ2) is 6.64. The van der Waals surface area contributed by atoms with Crippen molar-refractivity contribution in [1.29, 1.82) is 0 Å². The molecule has 1 heterocycles. The van der Waals surface area contributed by atoms with Crippen LogP contribution in [0.2, 0.25) is 0 Å². The van der Waals surface area contributed by atoms with Gasteiger partial charge in [-0.05, 0) is 37.3 Å². The van der Waals surface area contributed by atoms with Crippen molar-refractivity contribution in [3.05, 3.63) is 59.2 Å². The van der Waals surface area contributed by atoms with Gasteiger partial charge in [-0.1, -0.05) is 17.9 Å². The molecular weight excluding hydrogens is 271 g/mol. The van der Waals surface area contributed by atoms with Gasteiger partial charge in [0.15, 0.2) is 0 Å². The van der Waals surface area contributed by atoms with Gasteiger partial charge in [-0.25, -0.2) is 9.37 Å². The van der Waals surface area contributed by atoms with Crippen molar-refractivity contribution in [2.45, 2.75) is 6.92 Å². The largest absolute Gasteiger partial charge is 0.384 e. The van der Waals surface area contributed by atoms with Gasteiger partial charge in [0, 0.05) is 5.69 Å². The highest BCUT2D eigenvalue weighted by Gasteiger charge is 2.10. The number of amides is 1. The third-order valence-electron chi connectivity index (χ3n) is 2.65. The molecule has 0 aliphatic heterocycles. The summed E-state index contributed by atoms with van der Waals surface area (Å²) in [5, 5.41) is 11.4. The van der Waals surface area contributed by atoms with Crippen molar-refractivity contribution in [3.63, 3.8) is 0 Å². The van der Waals surface area contributed by atoms with Crippen LogP contribution in [0, 0.1) is 24.6 Å². The number of benzene rings is 1. The van der Waals surface area contributed by atoms with Gasteiger partial charge in [-0.2, -0.15) is 0 Å². The Balaban J connectivity index is 2.29. The topological polar surface area (TPSA) is 62.2 Å². The van der Waals surface area contributed by atoms with E-state index in [1.54, 1.807) is 25.1 Å². The number of anilines is 1. The number of aliphatic hydroxyl groups is 1. The number of rotatable bonds is 2. The lowest BCUT2D eigenvalue weighted by atomic mass is 10.1. The van der Waals surface area contributed by atoms with Crippen molar-refractivity contribution in [2.75, 3.05) is 11.9 Å². The third-order valence-corrected chi connectivity index (χ3v) is 2.65. The first-order valence-electron chi connectivity index (χ1n) is 6.24. The molecule has 0 radical (unpaired) electrons. The zero-order chi connectivity index (χ0) is 15.2. The predicted molar refractivity (Wildman–Crippen MR) is 77.3 cm³/mol. The number of nitrogens with zero attached hydrogens (tertiary/aromatic N) is 1. The second-order valence-corrected chi connectivity index (χ2v) is 4.27. The highest BCUT2D eigenvalue weighted by Crippen LogP contribution is 2.17. The highest BCUT2D eigenvalue weighted by atomic mass is 19.1. The SMILES string of the molecule is Cc1cccc(C(=O)Nc2ccc(F)cc2C#CCO)n1. The summed E-state index contributed by atoms with van der Waals surface area (Å²) in [6.45, 7) is 1.44. The first-order chi connectivity index (χ1) is 10.1. The van der Waals surface area contributed by atoms with E-state index in [9.17, 15) is 9.18 Å². The monoisotopic (exact) mass is 284 g/mol. The number of carbonyl (C=O) groups is 1. The smallest absolute Gasteiger partial charge is 0.274 e. The Hall–Kier alpha value is -2.71. The molecule has 2 N–H and O–H groups in total. The number of pyridine rings is 1. The van der Waals surface area contributed by atoms with E-state index in [-0.39, 0.29) is 12.3 Å². The Kier molecular flexibility index (Phi) is 4.64. The zero-order valence-corrected chi connectivity index (χ0v) is 11.4. The number of halogens is 1. The molecule has 0 spiro atoms. The molecule has 1 amide bonds. The van der Waals surface area contributed by atoms with E-state index in [2.05, 4.69) is 22.1 Å². The van der Waals surface area contributed by atoms with E-state index in [4.69, 9.17) is 5.11 Å². The van der Waals surface area contributed by atoms with Crippen molar-refractivity contribution < 1.29 is 14.3 Å². The summed E-state index contributed by atoms with van der Waals surface area (Å²) in [7, 11) is 0. The molecule has 0 saturated carbocycles. The number of aliphatic hydroxyl groups excluding tert-OH is 1. The van der Waals surface area contributed by atoms with Crippen LogP contribution in [0.3, 0.4) is 0 Å². The fraction of sp³-hybridized carbons (Fsp3) is 0.125. The molecule has 4 nitrogen and oxygen atoms in total. The Morgan fingerprint density at radius 3 is 2.90 bits per heavy atom. The van der Waals surface area contributed by atoms with Crippen LogP contribution in [0.15, 0.2) is 36.4 Å². The summed E-state index contributed by atoms with van der Waals surface area (Å²) >= 11 is 0. The van der Waals surface area contributed by atoms with Gasteiger partial charge < -0.3 is 10.4 Å². The summed E-state index contributed by atoms with van der Waals surface area (Å²) in [5.74, 6) is 4.15. The summed E-state index contributed by atoms with van der Waals surface area (Å²) < 4.78 is 13.2. The lowest BCUT2D eigenvalue weighted by molar-refractivity contribution is 0.102. The van der Waals surface area contributed by atoms with E-state index in [1.807, 2.05) is 0 Å². The van der Waals surface area contributed by atoms with Crippen molar-refractivity contribution in [2.24, 2.45) is 0 Å². The van der Waals surface area contributed by atoms with Gasteiger partial charge in [-0.15, -0.1) is 0 Å². The number of nitrogens with one attached hydrogen (secondary N) is 1. The van der Waals surface area contributed by atoms with Gasteiger partial charge >= 0.3 is 0 Å². The maximum atomic E-state index is 13.2. The molecule has 0 fully saturated rings. The third kappa shape index (κ3) is 3.88. The minimum atomic E-state index is -0.469. The summed E-state index contributed by atoms with van der Waals surface area (Å²) in [6.07, 6.45) is 0. The summed E-state index contributed by atoms with van der Waals surface area (Å²) in [4.78, 5) is 16.2. The number of carbonyl (C=O) groups excluding carboxylic acids is 1. The van der Waals surface area contributed by atoms with Crippen LogP contribution in [0.25, 0.3) is 0 Å². The Labute approximate surface area is 121 Å². The number of hydrogen-bond donors (Lipinski definition) is 2. The van der Waals surface area contributed by atoms with Gasteiger partial charge in [0.05, 0.1) is 11.3 Å². The maximum absolute atomic E-state index is 13.2. The molecule has 1 aromatic heterocycles. The number of hydrogen-bond acceptors (Lipinski definition) is 3. The average molecular weight is 284 g/mol. The van der Waals surface area contributed by atoms with E-state index in [1.165, 1.54) is 18.2 Å². The van der Waals surface area contributed by atoms with Gasteiger partial charge in [-0.3, -0.25) is 4.79 Å². The first-order valence-corrected chi connectivity index (χ1v) is 6.24. The quantitative estimate of drug-likeness (QED) is 0.830. The first kappa shape index (κ1) is 14.7. The normalized spacial score (nSPS) is 9.67. The molecule has 0 atom stereocenters. The van der Waals surface area contributed by atoms with Gasteiger partial charge in [0.2, 0.25) is 0 Å². The molecule has 0 aliphatic carbocycles. The Morgan fingerprint density at radius 2 is 2.19 bits per heavy atom. The molecule has 0 aliphatic rings. The Bertz CT molecular complexity index is 733. The fourth-order valence-corrected chi connectivity index (χ4v) is 1.72. The molecular formula is C16H13FN2O2. The average Bonchev–Trinajstić information content (AvgIpc) is 2.47. The van der Waals surface area contributed by atoms with Crippen molar-refractivity contribution >= 4 is 11.6 Å². The molecule has 5 heteroatoms. The zero-order valence-electron chi connectivity index (χ0n) is 11.4. The minimum absolute atomic E-state index is 0.264. The van der Waals surface area contributed by atoms with E-state index >= 15 is 0 Å². The van der Waals surface area contributed by atoms with Gasteiger partial charge in [0.1, 0.15) is 18.1 Å². The van der Waals surface area contributed by atoms with Crippen LogP contribution in [0.1, 0.15) is 21.7 Å².